The number of amides is 1. The summed E-state index contributed by atoms with van der Waals surface area (Å²) in [5.74, 6) is -1.09. The molecule has 0 atom stereocenters. The molecule has 0 heterocycles. The smallest absolute Gasteiger partial charge is 0.344 e. The normalized spacial score (nSPS) is 14.1. The first-order valence-corrected chi connectivity index (χ1v) is 4.59. The number of carbonyl (C=O) groups is 2. The Balaban J connectivity index is 2.83. The van der Waals surface area contributed by atoms with Crippen LogP contribution in [0.4, 0.5) is 13.2 Å². The van der Waals surface area contributed by atoms with Gasteiger partial charge in [0.25, 0.3) is 5.91 Å². The quantitative estimate of drug-likeness (QED) is 0.762. The number of carbonyl (C=O) groups excluding carboxylic acids is 2. The van der Waals surface area contributed by atoms with Gasteiger partial charge in [-0.05, 0) is 13.0 Å². The number of halogens is 3. The van der Waals surface area contributed by atoms with E-state index in [1.165, 1.54) is 6.92 Å². The Morgan fingerprint density at radius 2 is 2.06 bits per heavy atom. The van der Waals surface area contributed by atoms with Crippen LogP contribution in [0.15, 0.2) is 34.8 Å². The number of nitrogens with one attached hydrogen (secondary N) is 1. The maximum atomic E-state index is 12.3. The fourth-order valence-electron chi connectivity index (χ4n) is 1.01. The van der Waals surface area contributed by atoms with E-state index >= 15 is 0 Å². The molecule has 1 rings (SSSR count). The van der Waals surface area contributed by atoms with E-state index in [0.29, 0.717) is 12.2 Å². The van der Waals surface area contributed by atoms with Crippen molar-refractivity contribution in [1.82, 2.24) is 5.32 Å². The van der Waals surface area contributed by atoms with Crippen LogP contribution in [0.3, 0.4) is 0 Å². The molecule has 1 amide bonds. The molecule has 0 spiro atoms. The van der Waals surface area contributed by atoms with Gasteiger partial charge in [-0.1, -0.05) is 11.5 Å². The molecule has 17 heavy (non-hydrogen) atoms. The zero-order valence-electron chi connectivity index (χ0n) is 8.81. The van der Waals surface area contributed by atoms with Gasteiger partial charge in [-0.2, -0.15) is 13.2 Å². The van der Waals surface area contributed by atoms with Crippen molar-refractivity contribution in [2.75, 3.05) is 6.54 Å². The van der Waals surface area contributed by atoms with Crippen LogP contribution < -0.4 is 5.32 Å². The number of hydrogen-bond acceptors (Lipinski definition) is 2. The SMILES string of the molecule is CC(=O)CNC(=O)C1=C=C=CC(C(F)(F)F)=C1. The van der Waals surface area contributed by atoms with E-state index in [2.05, 4.69) is 16.8 Å². The first-order valence-electron chi connectivity index (χ1n) is 4.59. The third-order valence-electron chi connectivity index (χ3n) is 1.80. The van der Waals surface area contributed by atoms with Crippen molar-refractivity contribution >= 4 is 11.7 Å². The van der Waals surface area contributed by atoms with E-state index in [0.717, 1.165) is 0 Å². The molecule has 0 unspecified atom stereocenters. The van der Waals surface area contributed by atoms with Gasteiger partial charge in [0.15, 0.2) is 0 Å². The van der Waals surface area contributed by atoms with Crippen molar-refractivity contribution in [3.8, 4) is 0 Å². The summed E-state index contributed by atoms with van der Waals surface area (Å²) >= 11 is 0. The highest BCUT2D eigenvalue weighted by molar-refractivity contribution is 5.98. The topological polar surface area (TPSA) is 46.2 Å². The summed E-state index contributed by atoms with van der Waals surface area (Å²) in [6.07, 6.45) is -3.19. The van der Waals surface area contributed by atoms with Crippen molar-refractivity contribution in [1.29, 1.82) is 0 Å². The molecule has 0 bridgehead atoms. The molecule has 0 aliphatic heterocycles. The second-order valence-electron chi connectivity index (χ2n) is 3.31. The van der Waals surface area contributed by atoms with Gasteiger partial charge >= 0.3 is 6.18 Å². The summed E-state index contributed by atoms with van der Waals surface area (Å²) in [6, 6.07) is 0. The molecule has 3 nitrogen and oxygen atoms in total. The number of ketones is 1. The van der Waals surface area contributed by atoms with Gasteiger partial charge in [0.05, 0.1) is 17.7 Å². The zero-order chi connectivity index (χ0) is 13.1. The summed E-state index contributed by atoms with van der Waals surface area (Å²) < 4.78 is 37.0. The van der Waals surface area contributed by atoms with Crippen molar-refractivity contribution in [2.24, 2.45) is 0 Å². The second kappa shape index (κ2) is 4.87. The standard InChI is InChI=1S/C11H8F3NO2/c1-7(16)6-15-10(17)8-3-2-4-9(5-8)11(12,13)14/h4-5H,6H2,1H3,(H,15,17). The lowest BCUT2D eigenvalue weighted by atomic mass is 10.1. The highest BCUT2D eigenvalue weighted by Crippen LogP contribution is 2.28. The lowest BCUT2D eigenvalue weighted by Crippen LogP contribution is -2.29. The van der Waals surface area contributed by atoms with Crippen LogP contribution in [0.2, 0.25) is 0 Å². The minimum Gasteiger partial charge on any atom is -0.344 e. The summed E-state index contributed by atoms with van der Waals surface area (Å²) in [6.45, 7) is 1.02. The summed E-state index contributed by atoms with van der Waals surface area (Å²) in [7, 11) is 0. The van der Waals surface area contributed by atoms with Crippen LogP contribution >= 0.6 is 0 Å². The molecule has 0 radical (unpaired) electrons. The van der Waals surface area contributed by atoms with Crippen molar-refractivity contribution in [3.05, 3.63) is 34.8 Å². The molecule has 1 aliphatic carbocycles. The Hall–Kier alpha value is -2.03. The first-order chi connectivity index (χ1) is 7.80. The monoisotopic (exact) mass is 243 g/mol. The van der Waals surface area contributed by atoms with Gasteiger partial charge < -0.3 is 5.32 Å². The maximum absolute atomic E-state index is 12.3. The highest BCUT2D eigenvalue weighted by Gasteiger charge is 2.33. The number of Topliss-reactive ketones (excluding diaryl/α,β-unsaturated/α-hetero) is 1. The minimum absolute atomic E-state index is 0.233. The predicted octanol–water partition coefficient (Wildman–Crippen LogP) is 1.43. The van der Waals surface area contributed by atoms with Gasteiger partial charge in [0, 0.05) is 6.08 Å². The Labute approximate surface area is 95.0 Å². The highest BCUT2D eigenvalue weighted by atomic mass is 19.4. The molecule has 0 aromatic rings. The van der Waals surface area contributed by atoms with Gasteiger partial charge in [-0.25, -0.2) is 0 Å². The van der Waals surface area contributed by atoms with Crippen molar-refractivity contribution < 1.29 is 22.8 Å². The van der Waals surface area contributed by atoms with Gasteiger partial charge in [0.1, 0.15) is 5.78 Å². The molecule has 0 fully saturated rings. The molecule has 1 aliphatic rings. The van der Waals surface area contributed by atoms with Crippen LogP contribution in [-0.2, 0) is 9.59 Å². The number of alkyl halides is 3. The van der Waals surface area contributed by atoms with E-state index < -0.39 is 17.7 Å². The summed E-state index contributed by atoms with van der Waals surface area (Å²) in [4.78, 5) is 21.9. The zero-order valence-corrected chi connectivity index (χ0v) is 8.81. The molecular formula is C11H8F3NO2. The molecule has 0 saturated carbocycles. The van der Waals surface area contributed by atoms with E-state index in [1.807, 2.05) is 0 Å². The summed E-state index contributed by atoms with van der Waals surface area (Å²) in [5, 5.41) is 2.17. The van der Waals surface area contributed by atoms with Gasteiger partial charge in [-0.3, -0.25) is 9.59 Å². The van der Waals surface area contributed by atoms with Gasteiger partial charge in [0.2, 0.25) is 0 Å². The molecule has 0 saturated heterocycles. The summed E-state index contributed by atoms with van der Waals surface area (Å²) in [5.41, 5.74) is 3.08. The fraction of sp³-hybridized carbons (Fsp3) is 0.273. The minimum atomic E-state index is -4.54. The van der Waals surface area contributed by atoms with Crippen molar-refractivity contribution in [3.63, 3.8) is 0 Å². The van der Waals surface area contributed by atoms with E-state index in [-0.39, 0.29) is 17.9 Å². The van der Waals surface area contributed by atoms with Crippen LogP contribution in [0.25, 0.3) is 0 Å². The Bertz CT molecular complexity index is 487. The average Bonchev–Trinajstić information content (AvgIpc) is 2.25. The molecule has 0 aromatic carbocycles. The number of rotatable bonds is 3. The predicted molar refractivity (Wildman–Crippen MR) is 52.9 cm³/mol. The second-order valence-corrected chi connectivity index (χ2v) is 3.31. The van der Waals surface area contributed by atoms with Crippen LogP contribution in [0.5, 0.6) is 0 Å². The third-order valence-corrected chi connectivity index (χ3v) is 1.80. The molecular weight excluding hydrogens is 235 g/mol. The maximum Gasteiger partial charge on any atom is 0.417 e. The number of hydrogen-bond donors (Lipinski definition) is 1. The first kappa shape index (κ1) is 13.0. The molecule has 0 aromatic heterocycles. The Kier molecular flexibility index (Phi) is 3.73. The molecule has 1 N–H and O–H groups in total. The molecule has 90 valence electrons. The fourth-order valence-corrected chi connectivity index (χ4v) is 1.01. The number of allylic oxidation sites excluding steroid dienone is 2. The lowest BCUT2D eigenvalue weighted by molar-refractivity contribution is -0.121. The van der Waals surface area contributed by atoms with Crippen LogP contribution in [0, 0.1) is 0 Å². The van der Waals surface area contributed by atoms with Crippen LogP contribution in [0.1, 0.15) is 6.92 Å². The van der Waals surface area contributed by atoms with E-state index in [9.17, 15) is 22.8 Å². The third kappa shape index (κ3) is 3.79. The molecule has 6 heteroatoms. The lowest BCUT2D eigenvalue weighted by Gasteiger charge is -2.09. The average molecular weight is 243 g/mol. The van der Waals surface area contributed by atoms with Crippen molar-refractivity contribution in [2.45, 2.75) is 13.1 Å². The van der Waals surface area contributed by atoms with Crippen LogP contribution in [-0.4, -0.2) is 24.4 Å². The Morgan fingerprint density at radius 3 is 2.59 bits per heavy atom. The van der Waals surface area contributed by atoms with E-state index in [1.54, 1.807) is 0 Å². The van der Waals surface area contributed by atoms with Gasteiger partial charge in [-0.15, -0.1) is 0 Å². The van der Waals surface area contributed by atoms with E-state index in [4.69, 9.17) is 0 Å². The largest absolute Gasteiger partial charge is 0.417 e. The Morgan fingerprint density at radius 1 is 1.41 bits per heavy atom.